The number of aromatic nitrogens is 4. The Hall–Kier alpha value is -4.44. The number of pyridine rings is 1. The van der Waals surface area contributed by atoms with Crippen molar-refractivity contribution in [1.29, 1.82) is 0 Å². The standard InChI is InChI=1S/C33H21N4PS/c39-38(23-11-2-1-3-12-23,33-34-21-22-10-4-8-16-28(22)36-33)24-18-19-31-29(20-24)35-32-27-15-6-5-13-25(27)26-14-7-9-17-30(26)37(31)32/h1-21H. The third kappa shape index (κ3) is 3.31. The first-order chi connectivity index (χ1) is 19.2. The van der Waals surface area contributed by atoms with Gasteiger partial charge in [-0.2, -0.15) is 0 Å². The van der Waals surface area contributed by atoms with Gasteiger partial charge in [0.1, 0.15) is 5.65 Å². The normalized spacial score (nSPS) is 13.4. The summed E-state index contributed by atoms with van der Waals surface area (Å²) in [6.45, 7) is 0. The molecule has 184 valence electrons. The molecule has 5 aromatic carbocycles. The molecule has 4 nitrogen and oxygen atoms in total. The van der Waals surface area contributed by atoms with Crippen LogP contribution in [0.15, 0.2) is 128 Å². The fourth-order valence-electron chi connectivity index (χ4n) is 5.63. The summed E-state index contributed by atoms with van der Waals surface area (Å²) in [5, 5.41) is 6.65. The maximum atomic E-state index is 6.61. The van der Waals surface area contributed by atoms with Gasteiger partial charge in [0, 0.05) is 22.4 Å². The monoisotopic (exact) mass is 536 g/mol. The van der Waals surface area contributed by atoms with Gasteiger partial charge in [-0.15, -0.1) is 0 Å². The predicted octanol–water partition coefficient (Wildman–Crippen LogP) is 6.49. The van der Waals surface area contributed by atoms with Gasteiger partial charge in [-0.25, -0.2) is 15.0 Å². The van der Waals surface area contributed by atoms with Crippen LogP contribution in [0.2, 0.25) is 0 Å². The van der Waals surface area contributed by atoms with Gasteiger partial charge in [0.25, 0.3) is 0 Å². The molecule has 1 unspecified atom stereocenters. The zero-order chi connectivity index (χ0) is 26.0. The summed E-state index contributed by atoms with van der Waals surface area (Å²) < 4.78 is 2.27. The average molecular weight is 537 g/mol. The molecule has 0 aliphatic rings. The number of benzene rings is 5. The van der Waals surface area contributed by atoms with Crippen LogP contribution in [0.3, 0.4) is 0 Å². The van der Waals surface area contributed by atoms with Crippen molar-refractivity contribution in [3.8, 4) is 0 Å². The highest BCUT2D eigenvalue weighted by Crippen LogP contribution is 2.42. The van der Waals surface area contributed by atoms with Crippen molar-refractivity contribution < 1.29 is 0 Å². The molecule has 0 fully saturated rings. The lowest BCUT2D eigenvalue weighted by atomic mass is 10.1. The summed E-state index contributed by atoms with van der Waals surface area (Å²) in [5.74, 6) is 0. The SMILES string of the molecule is S=P(c1ccccc1)(c1ccc2c(c1)nc1c3ccccc3c3ccccc3n21)c1ncc2ccccc2n1. The van der Waals surface area contributed by atoms with Gasteiger partial charge in [0.2, 0.25) is 0 Å². The third-order valence-electron chi connectivity index (χ3n) is 7.48. The first kappa shape index (κ1) is 22.5. The molecule has 6 heteroatoms. The smallest absolute Gasteiger partial charge is 0.169 e. The lowest BCUT2D eigenvalue weighted by Gasteiger charge is -2.22. The molecule has 0 aliphatic heterocycles. The van der Waals surface area contributed by atoms with E-state index < -0.39 is 6.04 Å². The minimum Gasteiger partial charge on any atom is -0.292 e. The van der Waals surface area contributed by atoms with Crippen molar-refractivity contribution in [1.82, 2.24) is 19.4 Å². The molecule has 0 aliphatic carbocycles. The van der Waals surface area contributed by atoms with Crippen LogP contribution in [-0.4, -0.2) is 19.4 Å². The van der Waals surface area contributed by atoms with E-state index in [1.165, 1.54) is 10.8 Å². The first-order valence-electron chi connectivity index (χ1n) is 12.8. The van der Waals surface area contributed by atoms with Crippen molar-refractivity contribution in [2.24, 2.45) is 0 Å². The Labute approximate surface area is 229 Å². The lowest BCUT2D eigenvalue weighted by molar-refractivity contribution is 1.30. The second-order valence-corrected chi connectivity index (χ2v) is 14.0. The lowest BCUT2D eigenvalue weighted by Crippen LogP contribution is -2.29. The van der Waals surface area contributed by atoms with Crippen LogP contribution < -0.4 is 16.2 Å². The van der Waals surface area contributed by atoms with Gasteiger partial charge >= 0.3 is 0 Å². The molecule has 0 amide bonds. The van der Waals surface area contributed by atoms with E-state index in [0.717, 1.165) is 49.1 Å². The summed E-state index contributed by atoms with van der Waals surface area (Å²) in [6, 6.07) is 39.3. The topological polar surface area (TPSA) is 43.1 Å². The maximum Gasteiger partial charge on any atom is 0.169 e. The maximum absolute atomic E-state index is 6.61. The van der Waals surface area contributed by atoms with Crippen LogP contribution in [0.25, 0.3) is 49.3 Å². The summed E-state index contributed by atoms with van der Waals surface area (Å²) in [4.78, 5) is 15.1. The number of nitrogens with zero attached hydrogens (tertiary/aromatic N) is 4. The summed E-state index contributed by atoms with van der Waals surface area (Å²) >= 11 is 6.61. The van der Waals surface area contributed by atoms with E-state index in [-0.39, 0.29) is 0 Å². The van der Waals surface area contributed by atoms with E-state index in [1.807, 2.05) is 48.7 Å². The Bertz CT molecular complexity index is 2270. The molecule has 1 atom stereocenters. The second kappa shape index (κ2) is 8.54. The minimum absolute atomic E-state index is 0.696. The van der Waals surface area contributed by atoms with E-state index in [1.54, 1.807) is 0 Å². The summed E-state index contributed by atoms with van der Waals surface area (Å²) in [6.07, 6.45) is 1.89. The third-order valence-corrected chi connectivity index (χ3v) is 12.0. The molecule has 39 heavy (non-hydrogen) atoms. The Balaban J connectivity index is 1.44. The van der Waals surface area contributed by atoms with Crippen molar-refractivity contribution >= 4 is 83.3 Å². The van der Waals surface area contributed by atoms with Crippen molar-refractivity contribution in [3.63, 3.8) is 0 Å². The summed E-state index contributed by atoms with van der Waals surface area (Å²) in [5.41, 5.74) is 5.67. The Morgan fingerprint density at radius 2 is 1.28 bits per heavy atom. The van der Waals surface area contributed by atoms with Gasteiger partial charge in [-0.1, -0.05) is 109 Å². The molecule has 0 radical (unpaired) electrons. The number of rotatable bonds is 3. The van der Waals surface area contributed by atoms with Crippen molar-refractivity contribution in [3.05, 3.63) is 128 Å². The number of hydrogen-bond donors (Lipinski definition) is 0. The number of imidazole rings is 1. The van der Waals surface area contributed by atoms with E-state index in [0.29, 0.717) is 5.57 Å². The van der Waals surface area contributed by atoms with E-state index in [4.69, 9.17) is 26.8 Å². The highest BCUT2D eigenvalue weighted by molar-refractivity contribution is 8.25. The van der Waals surface area contributed by atoms with Gasteiger partial charge in [-0.05, 0) is 40.3 Å². The molecule has 0 saturated heterocycles. The Morgan fingerprint density at radius 3 is 2.15 bits per heavy atom. The molecular formula is C33H21N4PS. The minimum atomic E-state index is -2.56. The fourth-order valence-corrected chi connectivity index (χ4v) is 9.01. The molecule has 0 saturated carbocycles. The average Bonchev–Trinajstić information content (AvgIpc) is 3.40. The second-order valence-electron chi connectivity index (χ2n) is 9.68. The van der Waals surface area contributed by atoms with Gasteiger partial charge < -0.3 is 0 Å². The van der Waals surface area contributed by atoms with E-state index in [2.05, 4.69) is 83.3 Å². The molecule has 8 rings (SSSR count). The molecule has 0 N–H and O–H groups in total. The highest BCUT2D eigenvalue weighted by atomic mass is 32.4. The number of para-hydroxylation sites is 2. The van der Waals surface area contributed by atoms with Gasteiger partial charge in [0.05, 0.1) is 28.1 Å². The van der Waals surface area contributed by atoms with Crippen LogP contribution in [0.5, 0.6) is 0 Å². The zero-order valence-corrected chi connectivity index (χ0v) is 22.5. The van der Waals surface area contributed by atoms with Crippen LogP contribution in [0.1, 0.15) is 0 Å². The molecule has 0 bridgehead atoms. The molecule has 3 heterocycles. The highest BCUT2D eigenvalue weighted by Gasteiger charge is 2.29. The fraction of sp³-hybridized carbons (Fsp3) is 0. The van der Waals surface area contributed by atoms with Crippen LogP contribution in [-0.2, 0) is 11.8 Å². The van der Waals surface area contributed by atoms with Crippen molar-refractivity contribution in [2.45, 2.75) is 0 Å². The Kier molecular flexibility index (Phi) is 4.93. The molecule has 0 spiro atoms. The quantitative estimate of drug-likeness (QED) is 0.191. The van der Waals surface area contributed by atoms with E-state index in [9.17, 15) is 0 Å². The number of hydrogen-bond acceptors (Lipinski definition) is 4. The van der Waals surface area contributed by atoms with Gasteiger partial charge in [0.15, 0.2) is 5.57 Å². The number of fused-ring (bicyclic) bond motifs is 9. The largest absolute Gasteiger partial charge is 0.292 e. The van der Waals surface area contributed by atoms with Crippen LogP contribution in [0.4, 0.5) is 0 Å². The molecular weight excluding hydrogens is 515 g/mol. The molecule has 3 aromatic heterocycles. The predicted molar refractivity (Wildman–Crippen MR) is 167 cm³/mol. The van der Waals surface area contributed by atoms with Gasteiger partial charge in [-0.3, -0.25) is 4.40 Å². The first-order valence-corrected chi connectivity index (χ1v) is 15.6. The summed E-state index contributed by atoms with van der Waals surface area (Å²) in [7, 11) is 0. The molecule has 8 aromatic rings. The van der Waals surface area contributed by atoms with Crippen LogP contribution >= 0.6 is 6.04 Å². The van der Waals surface area contributed by atoms with Crippen molar-refractivity contribution in [2.75, 3.05) is 0 Å². The zero-order valence-electron chi connectivity index (χ0n) is 20.8. The Morgan fingerprint density at radius 1 is 0.564 bits per heavy atom. The van der Waals surface area contributed by atoms with Crippen LogP contribution in [0, 0.1) is 0 Å². The van der Waals surface area contributed by atoms with E-state index >= 15 is 0 Å².